The molecule has 0 N–H and O–H groups in total. The molecule has 0 saturated carbocycles. The Morgan fingerprint density at radius 3 is 2.83 bits per heavy atom. The molecule has 7 heteroatoms. The zero-order valence-electron chi connectivity index (χ0n) is 9.71. The summed E-state index contributed by atoms with van der Waals surface area (Å²) in [4.78, 5) is 0. The summed E-state index contributed by atoms with van der Waals surface area (Å²) in [6, 6.07) is 3.58. The zero-order chi connectivity index (χ0) is 12.4. The van der Waals surface area contributed by atoms with Crippen LogP contribution >= 0.6 is 23.4 Å². The molecule has 0 atom stereocenters. The van der Waals surface area contributed by atoms with E-state index in [1.807, 2.05) is 6.07 Å². The van der Waals surface area contributed by atoms with Crippen LogP contribution in [0, 0.1) is 0 Å². The second kappa shape index (κ2) is 5.24. The van der Waals surface area contributed by atoms with Gasteiger partial charge in [0.1, 0.15) is 10.9 Å². The Balaban J connectivity index is 1.84. The molecule has 0 radical (unpaired) electrons. The summed E-state index contributed by atoms with van der Waals surface area (Å²) in [6.45, 7) is 0.992. The van der Waals surface area contributed by atoms with Crippen LogP contribution in [0.4, 0.5) is 0 Å². The number of nitrogens with zero attached hydrogens (tertiary/aromatic N) is 5. The molecule has 0 saturated heterocycles. The minimum absolute atomic E-state index is 0.402. The second-order valence-electron chi connectivity index (χ2n) is 4.16. The summed E-state index contributed by atoms with van der Waals surface area (Å²) in [5, 5.41) is 18.4. The zero-order valence-corrected chi connectivity index (χ0v) is 11.3. The fraction of sp³-hybridized carbons (Fsp3) is 0.455. The first-order valence-electron chi connectivity index (χ1n) is 5.92. The SMILES string of the molecule is Clc1ccc(Sc2nnc3n2CCCCC3)nn1. The minimum atomic E-state index is 0.402. The van der Waals surface area contributed by atoms with E-state index in [0.717, 1.165) is 29.0 Å². The first-order chi connectivity index (χ1) is 8.83. The summed E-state index contributed by atoms with van der Waals surface area (Å²) in [5.41, 5.74) is 0. The van der Waals surface area contributed by atoms with E-state index in [1.54, 1.807) is 6.07 Å². The average Bonchev–Trinajstić information content (AvgIpc) is 2.62. The van der Waals surface area contributed by atoms with Gasteiger partial charge in [-0.3, -0.25) is 0 Å². The molecule has 94 valence electrons. The van der Waals surface area contributed by atoms with E-state index in [-0.39, 0.29) is 0 Å². The van der Waals surface area contributed by atoms with Gasteiger partial charge in [-0.1, -0.05) is 18.0 Å². The summed E-state index contributed by atoms with van der Waals surface area (Å²) < 4.78 is 2.19. The van der Waals surface area contributed by atoms with E-state index in [1.165, 1.54) is 31.0 Å². The summed E-state index contributed by atoms with van der Waals surface area (Å²) in [6.07, 6.45) is 4.66. The van der Waals surface area contributed by atoms with Crippen LogP contribution in [0.15, 0.2) is 22.3 Å². The molecule has 0 spiro atoms. The fourth-order valence-corrected chi connectivity index (χ4v) is 2.88. The van der Waals surface area contributed by atoms with E-state index in [9.17, 15) is 0 Å². The van der Waals surface area contributed by atoms with Crippen molar-refractivity contribution in [2.24, 2.45) is 0 Å². The molecule has 0 amide bonds. The van der Waals surface area contributed by atoms with Crippen molar-refractivity contribution < 1.29 is 0 Å². The predicted octanol–water partition coefficient (Wildman–Crippen LogP) is 2.60. The van der Waals surface area contributed by atoms with Gasteiger partial charge >= 0.3 is 0 Å². The molecule has 0 bridgehead atoms. The van der Waals surface area contributed by atoms with Crippen LogP contribution in [0.1, 0.15) is 25.1 Å². The topological polar surface area (TPSA) is 56.5 Å². The summed E-state index contributed by atoms with van der Waals surface area (Å²) in [7, 11) is 0. The minimum Gasteiger partial charge on any atom is -0.306 e. The van der Waals surface area contributed by atoms with Crippen molar-refractivity contribution in [1.29, 1.82) is 0 Å². The molecule has 1 aliphatic heterocycles. The lowest BCUT2D eigenvalue weighted by Crippen LogP contribution is -2.02. The average molecular weight is 282 g/mol. The normalized spacial score (nSPS) is 15.2. The van der Waals surface area contributed by atoms with E-state index >= 15 is 0 Å². The number of halogens is 1. The van der Waals surface area contributed by atoms with E-state index in [0.29, 0.717) is 5.15 Å². The van der Waals surface area contributed by atoms with Crippen molar-refractivity contribution >= 4 is 23.4 Å². The Morgan fingerprint density at radius 2 is 2.00 bits per heavy atom. The maximum atomic E-state index is 5.71. The fourth-order valence-electron chi connectivity index (χ4n) is 1.99. The third-order valence-electron chi connectivity index (χ3n) is 2.88. The Hall–Kier alpha value is -1.14. The molecule has 1 aliphatic rings. The first kappa shape index (κ1) is 11.9. The molecule has 0 fully saturated rings. The molecular formula is C11H12ClN5S. The lowest BCUT2D eigenvalue weighted by atomic mass is 10.2. The van der Waals surface area contributed by atoms with Gasteiger partial charge in [-0.25, -0.2) is 0 Å². The summed E-state index contributed by atoms with van der Waals surface area (Å²) >= 11 is 7.20. The van der Waals surface area contributed by atoms with E-state index in [2.05, 4.69) is 25.0 Å². The Kier molecular flexibility index (Phi) is 3.47. The molecule has 2 aromatic heterocycles. The maximum Gasteiger partial charge on any atom is 0.197 e. The lowest BCUT2D eigenvalue weighted by molar-refractivity contribution is 0.590. The standard InChI is InChI=1S/C11H12ClN5S/c12-8-5-6-10(15-13-8)18-11-16-14-9-4-2-1-3-7-17(9)11/h5-6H,1-4,7H2. The molecule has 2 aromatic rings. The number of rotatable bonds is 2. The van der Waals surface area contributed by atoms with Crippen LogP contribution < -0.4 is 0 Å². The van der Waals surface area contributed by atoms with Crippen LogP contribution in [-0.2, 0) is 13.0 Å². The number of hydrogen-bond acceptors (Lipinski definition) is 5. The van der Waals surface area contributed by atoms with E-state index in [4.69, 9.17) is 11.6 Å². The molecule has 0 aromatic carbocycles. The van der Waals surface area contributed by atoms with Crippen LogP contribution in [0.2, 0.25) is 5.15 Å². The molecule has 3 rings (SSSR count). The lowest BCUT2D eigenvalue weighted by Gasteiger charge is -2.05. The quantitative estimate of drug-likeness (QED) is 0.847. The first-order valence-corrected chi connectivity index (χ1v) is 7.11. The van der Waals surface area contributed by atoms with Gasteiger partial charge in [0.2, 0.25) is 0 Å². The monoisotopic (exact) mass is 281 g/mol. The van der Waals surface area contributed by atoms with Crippen molar-refractivity contribution in [2.75, 3.05) is 0 Å². The van der Waals surface area contributed by atoms with Crippen molar-refractivity contribution in [3.8, 4) is 0 Å². The van der Waals surface area contributed by atoms with Crippen molar-refractivity contribution in [1.82, 2.24) is 25.0 Å². The van der Waals surface area contributed by atoms with Crippen molar-refractivity contribution in [3.63, 3.8) is 0 Å². The number of hydrogen-bond donors (Lipinski definition) is 0. The van der Waals surface area contributed by atoms with Crippen LogP contribution in [0.25, 0.3) is 0 Å². The third kappa shape index (κ3) is 2.49. The highest BCUT2D eigenvalue weighted by Crippen LogP contribution is 2.27. The van der Waals surface area contributed by atoms with Crippen LogP contribution in [0.3, 0.4) is 0 Å². The van der Waals surface area contributed by atoms with Crippen molar-refractivity contribution in [3.05, 3.63) is 23.1 Å². The number of aromatic nitrogens is 5. The smallest absolute Gasteiger partial charge is 0.197 e. The highest BCUT2D eigenvalue weighted by molar-refractivity contribution is 7.99. The van der Waals surface area contributed by atoms with Gasteiger partial charge in [-0.15, -0.1) is 20.4 Å². The Morgan fingerprint density at radius 1 is 1.06 bits per heavy atom. The van der Waals surface area contributed by atoms with Gasteiger partial charge in [0.25, 0.3) is 0 Å². The molecule has 0 unspecified atom stereocenters. The number of aryl methyl sites for hydroxylation is 1. The van der Waals surface area contributed by atoms with Crippen LogP contribution in [-0.4, -0.2) is 25.0 Å². The predicted molar refractivity (Wildman–Crippen MR) is 68.7 cm³/mol. The molecule has 3 heterocycles. The summed E-state index contributed by atoms with van der Waals surface area (Å²) in [5.74, 6) is 1.08. The largest absolute Gasteiger partial charge is 0.306 e. The highest BCUT2D eigenvalue weighted by Gasteiger charge is 2.15. The molecule has 0 aliphatic carbocycles. The van der Waals surface area contributed by atoms with E-state index < -0.39 is 0 Å². The van der Waals surface area contributed by atoms with Gasteiger partial charge in [0.05, 0.1) is 0 Å². The Labute approximate surface area is 114 Å². The van der Waals surface area contributed by atoms with Crippen LogP contribution in [0.5, 0.6) is 0 Å². The number of fused-ring (bicyclic) bond motifs is 1. The maximum absolute atomic E-state index is 5.71. The van der Waals surface area contributed by atoms with Gasteiger partial charge in [0.15, 0.2) is 10.3 Å². The third-order valence-corrected chi connectivity index (χ3v) is 3.99. The molecule has 18 heavy (non-hydrogen) atoms. The van der Waals surface area contributed by atoms with Gasteiger partial charge in [-0.2, -0.15) is 0 Å². The van der Waals surface area contributed by atoms with Crippen molar-refractivity contribution in [2.45, 2.75) is 42.4 Å². The Bertz CT molecular complexity index is 539. The van der Waals surface area contributed by atoms with Gasteiger partial charge in [0, 0.05) is 13.0 Å². The molecular weight excluding hydrogens is 270 g/mol. The van der Waals surface area contributed by atoms with Gasteiger partial charge in [-0.05, 0) is 36.7 Å². The van der Waals surface area contributed by atoms with Gasteiger partial charge < -0.3 is 4.57 Å². The highest BCUT2D eigenvalue weighted by atomic mass is 35.5. The molecule has 5 nitrogen and oxygen atoms in total. The second-order valence-corrected chi connectivity index (χ2v) is 5.53.